The first kappa shape index (κ1) is 9.52. The highest BCUT2D eigenvalue weighted by atomic mass is 35.5. The van der Waals surface area contributed by atoms with Crippen molar-refractivity contribution in [2.24, 2.45) is 11.3 Å². The van der Waals surface area contributed by atoms with Crippen LogP contribution in [-0.4, -0.2) is 5.24 Å². The summed E-state index contributed by atoms with van der Waals surface area (Å²) in [6, 6.07) is 0. The number of halogens is 1. The normalized spacial score (nSPS) is 25.9. The highest BCUT2D eigenvalue weighted by Crippen LogP contribution is 2.52. The van der Waals surface area contributed by atoms with Crippen molar-refractivity contribution in [2.75, 3.05) is 0 Å². The molecule has 1 aliphatic carbocycles. The number of hydrogen-bond donors (Lipinski definition) is 0. The maximum absolute atomic E-state index is 10.4. The van der Waals surface area contributed by atoms with Crippen LogP contribution in [-0.2, 0) is 4.79 Å². The lowest BCUT2D eigenvalue weighted by atomic mass is 10.1. The minimum Gasteiger partial charge on any atom is -0.281 e. The molecule has 0 saturated heterocycles. The Morgan fingerprint density at radius 3 is 1.90 bits per heavy atom. The predicted molar refractivity (Wildman–Crippen MR) is 42.6 cm³/mol. The highest BCUT2D eigenvalue weighted by molar-refractivity contribution is 6.64. The molecule has 0 N–H and O–H groups in total. The van der Waals surface area contributed by atoms with Gasteiger partial charge in [-0.15, -0.1) is 12.8 Å². The van der Waals surface area contributed by atoms with Gasteiger partial charge in [0.05, 0.1) is 0 Å². The van der Waals surface area contributed by atoms with Crippen LogP contribution in [0.2, 0.25) is 0 Å². The third-order valence-electron chi connectivity index (χ3n) is 1.79. The Balaban J connectivity index is 0.000000371. The standard InChI is InChI=1S/C6H9ClO.C2H2/c1-6(2)3-4(6)5(7)8;1-2/h4H,3H2,1-2H3;1-2H/t4-;/m0./s1. The second kappa shape index (κ2) is 3.07. The zero-order valence-corrected chi connectivity index (χ0v) is 6.98. The van der Waals surface area contributed by atoms with Gasteiger partial charge >= 0.3 is 0 Å². The van der Waals surface area contributed by atoms with Crippen molar-refractivity contribution >= 4 is 16.8 Å². The molecule has 1 fully saturated rings. The van der Waals surface area contributed by atoms with E-state index in [1.165, 1.54) is 0 Å². The van der Waals surface area contributed by atoms with Crippen LogP contribution >= 0.6 is 11.6 Å². The second-order valence-electron chi connectivity index (χ2n) is 3.05. The zero-order chi connectivity index (χ0) is 8.36. The van der Waals surface area contributed by atoms with E-state index >= 15 is 0 Å². The largest absolute Gasteiger partial charge is 0.281 e. The van der Waals surface area contributed by atoms with Gasteiger partial charge in [-0.2, -0.15) is 0 Å². The van der Waals surface area contributed by atoms with Crippen molar-refractivity contribution in [3.63, 3.8) is 0 Å². The van der Waals surface area contributed by atoms with Gasteiger partial charge < -0.3 is 0 Å². The molecule has 0 spiro atoms. The summed E-state index contributed by atoms with van der Waals surface area (Å²) in [4.78, 5) is 10.4. The Labute approximate surface area is 66.8 Å². The maximum Gasteiger partial charge on any atom is 0.225 e. The van der Waals surface area contributed by atoms with Crippen molar-refractivity contribution in [1.29, 1.82) is 0 Å². The Morgan fingerprint density at radius 1 is 1.60 bits per heavy atom. The first-order valence-corrected chi connectivity index (χ1v) is 3.44. The summed E-state index contributed by atoms with van der Waals surface area (Å²) in [5.41, 5.74) is 0.207. The van der Waals surface area contributed by atoms with Crippen LogP contribution in [0.15, 0.2) is 0 Å². The van der Waals surface area contributed by atoms with Crippen molar-refractivity contribution in [3.05, 3.63) is 0 Å². The summed E-state index contributed by atoms with van der Waals surface area (Å²) in [6.07, 6.45) is 8.97. The summed E-state index contributed by atoms with van der Waals surface area (Å²) >= 11 is 5.22. The predicted octanol–water partition coefficient (Wildman–Crippen LogP) is 2.05. The van der Waals surface area contributed by atoms with Gasteiger partial charge in [-0.25, -0.2) is 0 Å². The number of rotatable bonds is 1. The smallest absolute Gasteiger partial charge is 0.225 e. The summed E-state index contributed by atoms with van der Waals surface area (Å²) < 4.78 is 0. The fraction of sp³-hybridized carbons (Fsp3) is 0.625. The van der Waals surface area contributed by atoms with Gasteiger partial charge in [-0.05, 0) is 23.4 Å². The first-order valence-electron chi connectivity index (χ1n) is 3.07. The molecule has 1 nitrogen and oxygen atoms in total. The van der Waals surface area contributed by atoms with Gasteiger partial charge in [0.1, 0.15) is 0 Å². The molecular weight excluding hydrogens is 148 g/mol. The number of carbonyl (C=O) groups excluding carboxylic acids is 1. The number of carbonyl (C=O) groups is 1. The van der Waals surface area contributed by atoms with E-state index in [1.54, 1.807) is 0 Å². The van der Waals surface area contributed by atoms with Crippen LogP contribution in [0.5, 0.6) is 0 Å². The first-order chi connectivity index (χ1) is 4.54. The molecule has 0 heterocycles. The molecule has 56 valence electrons. The molecule has 0 aromatic rings. The molecule has 0 aromatic carbocycles. The van der Waals surface area contributed by atoms with E-state index in [-0.39, 0.29) is 16.6 Å². The maximum atomic E-state index is 10.4. The molecule has 0 amide bonds. The van der Waals surface area contributed by atoms with Crippen LogP contribution in [0.1, 0.15) is 20.3 Å². The van der Waals surface area contributed by atoms with E-state index in [4.69, 9.17) is 11.6 Å². The monoisotopic (exact) mass is 158 g/mol. The Kier molecular flexibility index (Phi) is 2.93. The van der Waals surface area contributed by atoms with Crippen LogP contribution < -0.4 is 0 Å². The van der Waals surface area contributed by atoms with E-state index in [0.29, 0.717) is 0 Å². The van der Waals surface area contributed by atoms with Gasteiger partial charge in [0.25, 0.3) is 0 Å². The summed E-state index contributed by atoms with van der Waals surface area (Å²) in [6.45, 7) is 4.11. The SMILES string of the molecule is C#C.CC1(C)C[C@H]1C(=O)Cl. The minimum atomic E-state index is -0.171. The van der Waals surface area contributed by atoms with E-state index < -0.39 is 0 Å². The average Bonchev–Trinajstić information content (AvgIpc) is 2.46. The highest BCUT2D eigenvalue weighted by Gasteiger charge is 2.49. The third kappa shape index (κ3) is 2.04. The molecule has 1 rings (SSSR count). The van der Waals surface area contributed by atoms with E-state index in [0.717, 1.165) is 6.42 Å². The lowest BCUT2D eigenvalue weighted by molar-refractivity contribution is -0.113. The Bertz CT molecular complexity index is 158. The van der Waals surface area contributed by atoms with Crippen LogP contribution in [0.3, 0.4) is 0 Å². The fourth-order valence-electron chi connectivity index (χ4n) is 0.855. The molecule has 10 heavy (non-hydrogen) atoms. The second-order valence-corrected chi connectivity index (χ2v) is 3.42. The van der Waals surface area contributed by atoms with Gasteiger partial charge in [0.15, 0.2) is 0 Å². The zero-order valence-electron chi connectivity index (χ0n) is 6.23. The summed E-state index contributed by atoms with van der Waals surface area (Å²) in [5.74, 6) is 0.143. The molecule has 1 saturated carbocycles. The van der Waals surface area contributed by atoms with Gasteiger partial charge in [0.2, 0.25) is 5.24 Å². The van der Waals surface area contributed by atoms with Crippen molar-refractivity contribution < 1.29 is 4.79 Å². The molecule has 1 atom stereocenters. The average molecular weight is 159 g/mol. The molecule has 0 unspecified atom stereocenters. The fourth-order valence-corrected chi connectivity index (χ4v) is 1.23. The molecule has 0 radical (unpaired) electrons. The van der Waals surface area contributed by atoms with E-state index in [1.807, 2.05) is 0 Å². The van der Waals surface area contributed by atoms with Crippen molar-refractivity contribution in [3.8, 4) is 12.8 Å². The topological polar surface area (TPSA) is 17.1 Å². The quantitative estimate of drug-likeness (QED) is 0.422. The molecule has 0 aliphatic heterocycles. The van der Waals surface area contributed by atoms with Gasteiger partial charge in [-0.3, -0.25) is 4.79 Å². The van der Waals surface area contributed by atoms with Crippen LogP contribution in [0.4, 0.5) is 0 Å². The van der Waals surface area contributed by atoms with E-state index in [2.05, 4.69) is 26.7 Å². The Hall–Kier alpha value is -0.480. The molecule has 2 heteroatoms. The lowest BCUT2D eigenvalue weighted by Gasteiger charge is -1.94. The summed E-state index contributed by atoms with van der Waals surface area (Å²) in [5, 5.41) is -0.171. The lowest BCUT2D eigenvalue weighted by Crippen LogP contribution is -1.96. The molecular formula is C8H11ClO. The summed E-state index contributed by atoms with van der Waals surface area (Å²) in [7, 11) is 0. The van der Waals surface area contributed by atoms with Gasteiger partial charge in [0, 0.05) is 5.92 Å². The van der Waals surface area contributed by atoms with Crippen molar-refractivity contribution in [2.45, 2.75) is 20.3 Å². The number of hydrogen-bond acceptors (Lipinski definition) is 1. The Morgan fingerprint density at radius 2 is 1.90 bits per heavy atom. The van der Waals surface area contributed by atoms with Crippen LogP contribution in [0, 0.1) is 24.2 Å². The van der Waals surface area contributed by atoms with Crippen molar-refractivity contribution in [1.82, 2.24) is 0 Å². The molecule has 0 bridgehead atoms. The van der Waals surface area contributed by atoms with Crippen LogP contribution in [0.25, 0.3) is 0 Å². The molecule has 0 aromatic heterocycles. The van der Waals surface area contributed by atoms with E-state index in [9.17, 15) is 4.79 Å². The third-order valence-corrected chi connectivity index (χ3v) is 2.05. The minimum absolute atomic E-state index is 0.143. The number of terminal acetylenes is 1. The van der Waals surface area contributed by atoms with Gasteiger partial charge in [-0.1, -0.05) is 13.8 Å². The molecule has 1 aliphatic rings.